The molecule has 0 bridgehead atoms. The number of fused-ring (bicyclic) bond motifs is 1. The van der Waals surface area contributed by atoms with Gasteiger partial charge in [0.1, 0.15) is 12.6 Å². The first-order valence-electron chi connectivity index (χ1n) is 7.39. The largest absolute Gasteiger partial charge is 0.446 e. The van der Waals surface area contributed by atoms with Crippen molar-refractivity contribution in [2.45, 2.75) is 25.0 Å². The Hall–Kier alpha value is -1.88. The Morgan fingerprint density at radius 3 is 2.67 bits per heavy atom. The lowest BCUT2D eigenvalue weighted by Gasteiger charge is -2.25. The molecule has 3 aliphatic rings. The molecule has 1 N–H and O–H groups in total. The van der Waals surface area contributed by atoms with Gasteiger partial charge in [0.25, 0.3) is 0 Å². The molecule has 0 unspecified atom stereocenters. The van der Waals surface area contributed by atoms with Gasteiger partial charge in [-0.1, -0.05) is 30.3 Å². The number of cyclic esters (lactones) is 1. The Morgan fingerprint density at radius 2 is 2.00 bits per heavy atom. The van der Waals surface area contributed by atoms with Gasteiger partial charge in [-0.3, -0.25) is 4.79 Å². The lowest BCUT2D eigenvalue weighted by Crippen LogP contribution is -2.42. The lowest BCUT2D eigenvalue weighted by atomic mass is 9.97. The van der Waals surface area contributed by atoms with E-state index in [-0.39, 0.29) is 24.5 Å². The van der Waals surface area contributed by atoms with E-state index in [4.69, 9.17) is 4.74 Å². The first-order valence-corrected chi connectivity index (χ1v) is 7.39. The summed E-state index contributed by atoms with van der Waals surface area (Å²) in [6.07, 6.45) is 0.502. The molecule has 1 aromatic carbocycles. The van der Waals surface area contributed by atoms with Crippen LogP contribution in [0, 0.1) is 17.8 Å². The van der Waals surface area contributed by atoms with E-state index in [1.807, 2.05) is 30.3 Å². The van der Waals surface area contributed by atoms with Gasteiger partial charge < -0.3 is 9.84 Å². The van der Waals surface area contributed by atoms with E-state index < -0.39 is 18.1 Å². The number of hydrogen-bond acceptors (Lipinski definition) is 4. The smallest absolute Gasteiger partial charge is 0.417 e. The molecule has 4 rings (SSSR count). The van der Waals surface area contributed by atoms with Gasteiger partial charge in [0, 0.05) is 0 Å². The summed E-state index contributed by atoms with van der Waals surface area (Å²) in [5.41, 5.74) is 0.884. The fourth-order valence-corrected chi connectivity index (χ4v) is 3.74. The van der Waals surface area contributed by atoms with Crippen LogP contribution in [0.1, 0.15) is 24.4 Å². The number of nitrogens with zero attached hydrogens (tertiary/aromatic N) is 1. The summed E-state index contributed by atoms with van der Waals surface area (Å²) in [6, 6.07) is 9.03. The van der Waals surface area contributed by atoms with Crippen LogP contribution in [0.4, 0.5) is 4.79 Å². The predicted octanol–water partition coefficient (Wildman–Crippen LogP) is 1.72. The lowest BCUT2D eigenvalue weighted by molar-refractivity contribution is -0.137. The third-order valence-electron chi connectivity index (χ3n) is 5.00. The van der Waals surface area contributed by atoms with Crippen molar-refractivity contribution >= 4 is 12.0 Å². The molecule has 1 heterocycles. The summed E-state index contributed by atoms with van der Waals surface area (Å²) in [5, 5.41) is 10.2. The monoisotopic (exact) mass is 287 g/mol. The SMILES string of the molecule is O=C1OC[C@@H](c2ccccc2)N1C(=O)[C@H]1C[C@H]2C[C@@H]2[C@H]1O. The zero-order valence-corrected chi connectivity index (χ0v) is 11.5. The van der Waals surface area contributed by atoms with Gasteiger partial charge in [-0.15, -0.1) is 0 Å². The first-order chi connectivity index (χ1) is 10.2. The molecule has 1 aromatic rings. The highest BCUT2D eigenvalue weighted by Gasteiger charge is 2.57. The first kappa shape index (κ1) is 12.8. The molecular formula is C16H17NO4. The molecular weight excluding hydrogens is 270 g/mol. The Labute approximate surface area is 122 Å². The zero-order valence-electron chi connectivity index (χ0n) is 11.5. The molecule has 2 aliphatic carbocycles. The zero-order chi connectivity index (χ0) is 14.6. The summed E-state index contributed by atoms with van der Waals surface area (Å²) in [4.78, 5) is 25.8. The highest BCUT2D eigenvalue weighted by molar-refractivity contribution is 5.95. The van der Waals surface area contributed by atoms with Crippen molar-refractivity contribution in [2.75, 3.05) is 6.61 Å². The maximum atomic E-state index is 12.7. The van der Waals surface area contributed by atoms with Crippen LogP contribution in [0.25, 0.3) is 0 Å². The normalized spacial score (nSPS) is 37.3. The number of aliphatic hydroxyl groups excluding tert-OH is 1. The summed E-state index contributed by atoms with van der Waals surface area (Å²) in [6.45, 7) is 0.185. The molecule has 5 atom stereocenters. The molecule has 0 spiro atoms. The number of ether oxygens (including phenoxy) is 1. The third-order valence-corrected chi connectivity index (χ3v) is 5.00. The molecule has 2 saturated carbocycles. The van der Waals surface area contributed by atoms with Crippen molar-refractivity contribution in [3.05, 3.63) is 35.9 Å². The van der Waals surface area contributed by atoms with E-state index in [2.05, 4.69) is 0 Å². The molecule has 0 aromatic heterocycles. The van der Waals surface area contributed by atoms with E-state index in [1.165, 1.54) is 4.90 Å². The number of aliphatic hydroxyl groups is 1. The molecule has 3 fully saturated rings. The molecule has 5 nitrogen and oxygen atoms in total. The fourth-order valence-electron chi connectivity index (χ4n) is 3.74. The number of carbonyl (C=O) groups excluding carboxylic acids is 2. The molecule has 110 valence electrons. The molecule has 1 aliphatic heterocycles. The molecule has 21 heavy (non-hydrogen) atoms. The average Bonchev–Trinajstić information content (AvgIpc) is 3.07. The minimum atomic E-state index is -0.604. The van der Waals surface area contributed by atoms with Crippen molar-refractivity contribution in [1.29, 1.82) is 0 Å². The van der Waals surface area contributed by atoms with Gasteiger partial charge >= 0.3 is 6.09 Å². The van der Waals surface area contributed by atoms with Gasteiger partial charge in [-0.2, -0.15) is 0 Å². The van der Waals surface area contributed by atoms with Crippen molar-refractivity contribution < 1.29 is 19.4 Å². The number of rotatable bonds is 2. The van der Waals surface area contributed by atoms with Gasteiger partial charge in [-0.05, 0) is 30.2 Å². The highest BCUT2D eigenvalue weighted by atomic mass is 16.6. The van der Waals surface area contributed by atoms with E-state index in [0.29, 0.717) is 12.3 Å². The Bertz CT molecular complexity index is 587. The van der Waals surface area contributed by atoms with Crippen molar-refractivity contribution in [2.24, 2.45) is 17.8 Å². The Morgan fingerprint density at radius 1 is 1.24 bits per heavy atom. The second-order valence-electron chi connectivity index (χ2n) is 6.20. The topological polar surface area (TPSA) is 66.8 Å². The van der Waals surface area contributed by atoms with E-state index in [0.717, 1.165) is 12.0 Å². The van der Waals surface area contributed by atoms with Gasteiger partial charge in [0.15, 0.2) is 0 Å². The van der Waals surface area contributed by atoms with Crippen LogP contribution in [-0.4, -0.2) is 34.7 Å². The second-order valence-corrected chi connectivity index (χ2v) is 6.20. The number of amides is 2. The maximum Gasteiger partial charge on any atom is 0.417 e. The van der Waals surface area contributed by atoms with Crippen LogP contribution in [-0.2, 0) is 9.53 Å². The Balaban J connectivity index is 1.59. The van der Waals surface area contributed by atoms with Crippen molar-refractivity contribution in [3.63, 3.8) is 0 Å². The molecule has 1 saturated heterocycles. The number of carbonyl (C=O) groups is 2. The second kappa shape index (κ2) is 4.56. The van der Waals surface area contributed by atoms with E-state index in [9.17, 15) is 14.7 Å². The molecule has 2 amide bonds. The maximum absolute atomic E-state index is 12.7. The quantitative estimate of drug-likeness (QED) is 0.899. The number of imide groups is 1. The van der Waals surface area contributed by atoms with Crippen molar-refractivity contribution in [3.8, 4) is 0 Å². The predicted molar refractivity (Wildman–Crippen MR) is 73.1 cm³/mol. The van der Waals surface area contributed by atoms with E-state index >= 15 is 0 Å². The Kier molecular flexibility index (Phi) is 2.79. The third kappa shape index (κ3) is 1.95. The van der Waals surface area contributed by atoms with Crippen LogP contribution in [0.15, 0.2) is 30.3 Å². The minimum Gasteiger partial charge on any atom is -0.446 e. The van der Waals surface area contributed by atoms with E-state index in [1.54, 1.807) is 0 Å². The van der Waals surface area contributed by atoms with Crippen LogP contribution >= 0.6 is 0 Å². The van der Waals surface area contributed by atoms with Gasteiger partial charge in [-0.25, -0.2) is 9.69 Å². The van der Waals surface area contributed by atoms with Crippen LogP contribution < -0.4 is 0 Å². The van der Waals surface area contributed by atoms with Gasteiger partial charge in [0.05, 0.1) is 12.0 Å². The number of benzene rings is 1. The molecule has 0 radical (unpaired) electrons. The highest BCUT2D eigenvalue weighted by Crippen LogP contribution is 2.55. The summed E-state index contributed by atoms with van der Waals surface area (Å²) < 4.78 is 5.07. The van der Waals surface area contributed by atoms with Crippen molar-refractivity contribution in [1.82, 2.24) is 4.90 Å². The fraction of sp³-hybridized carbons (Fsp3) is 0.500. The van der Waals surface area contributed by atoms with Crippen LogP contribution in [0.3, 0.4) is 0 Å². The van der Waals surface area contributed by atoms with Crippen LogP contribution in [0.5, 0.6) is 0 Å². The average molecular weight is 287 g/mol. The summed E-state index contributed by atoms with van der Waals surface area (Å²) in [5.74, 6) is -0.0211. The summed E-state index contributed by atoms with van der Waals surface area (Å²) >= 11 is 0. The van der Waals surface area contributed by atoms with Crippen LogP contribution in [0.2, 0.25) is 0 Å². The van der Waals surface area contributed by atoms with Gasteiger partial charge in [0.2, 0.25) is 5.91 Å². The summed E-state index contributed by atoms with van der Waals surface area (Å²) in [7, 11) is 0. The molecule has 5 heteroatoms. The number of hydrogen-bond donors (Lipinski definition) is 1. The standard InChI is InChI=1S/C16H17NO4/c18-14-11-6-10(11)7-12(14)15(19)17-13(8-21-16(17)20)9-4-2-1-3-5-9/h1-5,10-14,18H,6-8H2/t10-,11+,12+,13+,14-/m1/s1. The minimum absolute atomic E-state index is 0.185.